The fraction of sp³-hybridized carbons (Fsp3) is 0.214. The molecule has 2 unspecified atom stereocenters. The van der Waals surface area contributed by atoms with Crippen molar-refractivity contribution in [3.63, 3.8) is 0 Å². The Balaban J connectivity index is 1.95. The number of benzene rings is 1. The van der Waals surface area contributed by atoms with Crippen molar-refractivity contribution < 1.29 is 13.9 Å². The molecule has 86 valence electrons. The van der Waals surface area contributed by atoms with E-state index < -0.39 is 0 Å². The molecule has 0 N–H and O–H groups in total. The Morgan fingerprint density at radius 3 is 2.59 bits per heavy atom. The first-order valence-electron chi connectivity index (χ1n) is 5.62. The van der Waals surface area contributed by atoms with Crippen LogP contribution in [-0.2, 0) is 9.53 Å². The minimum Gasteiger partial charge on any atom is -0.469 e. The van der Waals surface area contributed by atoms with E-state index in [9.17, 15) is 4.79 Å². The van der Waals surface area contributed by atoms with E-state index in [1.54, 1.807) is 6.26 Å². The molecule has 0 aliphatic carbocycles. The van der Waals surface area contributed by atoms with Crippen LogP contribution in [0.1, 0.15) is 29.8 Å². The molecule has 3 heteroatoms. The highest BCUT2D eigenvalue weighted by atomic mass is 16.6. The quantitative estimate of drug-likeness (QED) is 0.741. The topological polar surface area (TPSA) is 39.4 Å². The first kappa shape index (κ1) is 10.1. The van der Waals surface area contributed by atoms with Crippen LogP contribution in [-0.4, -0.2) is 5.97 Å². The minimum absolute atomic E-state index is 0.0140. The van der Waals surface area contributed by atoms with Gasteiger partial charge in [-0.25, -0.2) is 0 Å². The average Bonchev–Trinajstić information content (AvgIpc) is 2.98. The molecule has 1 fully saturated rings. The summed E-state index contributed by atoms with van der Waals surface area (Å²) in [6, 6.07) is 13.5. The lowest BCUT2D eigenvalue weighted by molar-refractivity contribution is -0.141. The SMILES string of the molecule is O=C1CC(c2ccco2)C(c2ccccc2)O1. The van der Waals surface area contributed by atoms with Crippen molar-refractivity contribution >= 4 is 5.97 Å². The van der Waals surface area contributed by atoms with Crippen molar-refractivity contribution in [2.75, 3.05) is 0 Å². The van der Waals surface area contributed by atoms with E-state index in [1.807, 2.05) is 42.5 Å². The maximum atomic E-state index is 11.5. The number of furan rings is 1. The first-order valence-corrected chi connectivity index (χ1v) is 5.62. The summed E-state index contributed by atoms with van der Waals surface area (Å²) in [5.41, 5.74) is 1.01. The zero-order chi connectivity index (χ0) is 11.7. The largest absolute Gasteiger partial charge is 0.469 e. The molecule has 0 bridgehead atoms. The lowest BCUT2D eigenvalue weighted by Crippen LogP contribution is -2.05. The predicted molar refractivity (Wildman–Crippen MR) is 61.3 cm³/mol. The summed E-state index contributed by atoms with van der Waals surface area (Å²) in [5, 5.41) is 0. The van der Waals surface area contributed by atoms with Gasteiger partial charge in [-0.15, -0.1) is 0 Å². The minimum atomic E-state index is -0.227. The van der Waals surface area contributed by atoms with Crippen LogP contribution in [0.4, 0.5) is 0 Å². The summed E-state index contributed by atoms with van der Waals surface area (Å²) in [7, 11) is 0. The highest BCUT2D eigenvalue weighted by Gasteiger charge is 2.38. The number of hydrogen-bond acceptors (Lipinski definition) is 3. The van der Waals surface area contributed by atoms with Gasteiger partial charge < -0.3 is 9.15 Å². The number of carbonyl (C=O) groups is 1. The summed E-state index contributed by atoms with van der Waals surface area (Å²) in [4.78, 5) is 11.5. The van der Waals surface area contributed by atoms with E-state index in [1.165, 1.54) is 0 Å². The van der Waals surface area contributed by atoms with Crippen molar-refractivity contribution in [1.29, 1.82) is 0 Å². The number of cyclic esters (lactones) is 1. The van der Waals surface area contributed by atoms with E-state index in [-0.39, 0.29) is 18.0 Å². The Bertz CT molecular complexity index is 502. The zero-order valence-corrected chi connectivity index (χ0v) is 9.21. The molecule has 0 radical (unpaired) electrons. The molecule has 2 heterocycles. The third-order valence-electron chi connectivity index (χ3n) is 3.05. The smallest absolute Gasteiger partial charge is 0.307 e. The number of ether oxygens (including phenoxy) is 1. The summed E-state index contributed by atoms with van der Waals surface area (Å²) in [5.74, 6) is 0.629. The lowest BCUT2D eigenvalue weighted by Gasteiger charge is -2.15. The molecule has 1 aliphatic rings. The van der Waals surface area contributed by atoms with Gasteiger partial charge in [-0.1, -0.05) is 30.3 Å². The number of hydrogen-bond donors (Lipinski definition) is 0. The van der Waals surface area contributed by atoms with Gasteiger partial charge in [0, 0.05) is 0 Å². The van der Waals surface area contributed by atoms with Crippen molar-refractivity contribution in [2.24, 2.45) is 0 Å². The van der Waals surface area contributed by atoms with Gasteiger partial charge in [0.2, 0.25) is 0 Å². The van der Waals surface area contributed by atoms with Crippen LogP contribution in [0.25, 0.3) is 0 Å². The molecule has 1 aromatic heterocycles. The van der Waals surface area contributed by atoms with E-state index in [0.29, 0.717) is 6.42 Å². The second-order valence-electron chi connectivity index (χ2n) is 4.15. The molecule has 2 aromatic rings. The second-order valence-corrected chi connectivity index (χ2v) is 4.15. The number of esters is 1. The maximum Gasteiger partial charge on any atom is 0.307 e. The van der Waals surface area contributed by atoms with Gasteiger partial charge in [-0.2, -0.15) is 0 Å². The molecule has 0 saturated carbocycles. The van der Waals surface area contributed by atoms with Gasteiger partial charge in [0.05, 0.1) is 18.6 Å². The standard InChI is InChI=1S/C14H12O3/c15-13-9-11(12-7-4-8-16-12)14(17-13)10-5-2-1-3-6-10/h1-8,11,14H,9H2. The fourth-order valence-corrected chi connectivity index (χ4v) is 2.25. The highest BCUT2D eigenvalue weighted by Crippen LogP contribution is 2.42. The molecule has 1 aromatic carbocycles. The Kier molecular flexibility index (Phi) is 2.44. The van der Waals surface area contributed by atoms with Gasteiger partial charge in [0.15, 0.2) is 0 Å². The van der Waals surface area contributed by atoms with E-state index >= 15 is 0 Å². The van der Waals surface area contributed by atoms with Gasteiger partial charge >= 0.3 is 5.97 Å². The Morgan fingerprint density at radius 1 is 1.06 bits per heavy atom. The van der Waals surface area contributed by atoms with E-state index in [0.717, 1.165) is 11.3 Å². The predicted octanol–water partition coefficient (Wildman–Crippen LogP) is 3.05. The Hall–Kier alpha value is -2.03. The molecule has 1 saturated heterocycles. The van der Waals surface area contributed by atoms with Crippen LogP contribution < -0.4 is 0 Å². The number of rotatable bonds is 2. The van der Waals surface area contributed by atoms with Crippen LogP contribution in [0.2, 0.25) is 0 Å². The highest BCUT2D eigenvalue weighted by molar-refractivity contribution is 5.73. The van der Waals surface area contributed by atoms with Crippen LogP contribution in [0.5, 0.6) is 0 Å². The van der Waals surface area contributed by atoms with Crippen molar-refractivity contribution in [2.45, 2.75) is 18.4 Å². The third kappa shape index (κ3) is 1.84. The lowest BCUT2D eigenvalue weighted by atomic mass is 9.93. The monoisotopic (exact) mass is 228 g/mol. The Labute approximate surface area is 99.0 Å². The second kappa shape index (κ2) is 4.09. The van der Waals surface area contributed by atoms with Crippen molar-refractivity contribution in [1.82, 2.24) is 0 Å². The van der Waals surface area contributed by atoms with Gasteiger partial charge in [0.25, 0.3) is 0 Å². The van der Waals surface area contributed by atoms with Crippen LogP contribution in [0.3, 0.4) is 0 Å². The molecular weight excluding hydrogens is 216 g/mol. The molecule has 17 heavy (non-hydrogen) atoms. The van der Waals surface area contributed by atoms with Crippen LogP contribution in [0.15, 0.2) is 53.1 Å². The summed E-state index contributed by atoms with van der Waals surface area (Å²) < 4.78 is 10.8. The maximum absolute atomic E-state index is 11.5. The number of carbonyl (C=O) groups excluding carboxylic acids is 1. The summed E-state index contributed by atoms with van der Waals surface area (Å²) in [6.45, 7) is 0. The van der Waals surface area contributed by atoms with Gasteiger partial charge in [-0.05, 0) is 17.7 Å². The molecule has 2 atom stereocenters. The zero-order valence-electron chi connectivity index (χ0n) is 9.21. The molecule has 3 rings (SSSR count). The normalized spacial score (nSPS) is 23.6. The average molecular weight is 228 g/mol. The fourth-order valence-electron chi connectivity index (χ4n) is 2.25. The van der Waals surface area contributed by atoms with Crippen LogP contribution >= 0.6 is 0 Å². The molecule has 1 aliphatic heterocycles. The van der Waals surface area contributed by atoms with Gasteiger partial charge in [0.1, 0.15) is 11.9 Å². The van der Waals surface area contributed by atoms with E-state index in [4.69, 9.17) is 9.15 Å². The molecule has 0 amide bonds. The summed E-state index contributed by atoms with van der Waals surface area (Å²) >= 11 is 0. The molecular formula is C14H12O3. The first-order chi connectivity index (χ1) is 8.34. The van der Waals surface area contributed by atoms with Crippen molar-refractivity contribution in [3.8, 4) is 0 Å². The third-order valence-corrected chi connectivity index (χ3v) is 3.05. The molecule has 3 nitrogen and oxygen atoms in total. The molecule has 0 spiro atoms. The van der Waals surface area contributed by atoms with Crippen LogP contribution in [0, 0.1) is 0 Å². The Morgan fingerprint density at radius 2 is 1.88 bits per heavy atom. The van der Waals surface area contributed by atoms with Crippen molar-refractivity contribution in [3.05, 3.63) is 60.1 Å². The summed E-state index contributed by atoms with van der Waals surface area (Å²) in [6.07, 6.45) is 1.78. The van der Waals surface area contributed by atoms with Gasteiger partial charge in [-0.3, -0.25) is 4.79 Å². The van der Waals surface area contributed by atoms with E-state index in [2.05, 4.69) is 0 Å².